The van der Waals surface area contributed by atoms with Crippen molar-refractivity contribution < 1.29 is 21.6 Å². The lowest BCUT2D eigenvalue weighted by Crippen LogP contribution is -2.37. The number of carbonyl (C=O) groups excluding carboxylic acids is 1. The standard InChI is InChI=1S/C22H30N4O5S2/c1-4-32(28,29)26-13-12-19-18(16-26)9-7-10-20(19)23-15-22(27)24-14-17-8-5-6-11-21(17)33(30,31)25(2)3/h5-11,23H,4,12-16H2,1-3H3,(H,24,27). The first-order valence-electron chi connectivity index (χ1n) is 10.7. The van der Waals surface area contributed by atoms with Crippen LogP contribution in [-0.4, -0.2) is 64.3 Å². The lowest BCUT2D eigenvalue weighted by molar-refractivity contribution is -0.119. The van der Waals surface area contributed by atoms with Crippen LogP contribution in [0.2, 0.25) is 0 Å². The van der Waals surface area contributed by atoms with E-state index in [4.69, 9.17) is 0 Å². The van der Waals surface area contributed by atoms with Gasteiger partial charge < -0.3 is 10.6 Å². The molecule has 0 aromatic heterocycles. The molecular formula is C22H30N4O5S2. The Morgan fingerprint density at radius 3 is 2.48 bits per heavy atom. The van der Waals surface area contributed by atoms with Crippen molar-refractivity contribution in [3.05, 3.63) is 59.2 Å². The minimum Gasteiger partial charge on any atom is -0.376 e. The second kappa shape index (κ2) is 10.2. The molecular weight excluding hydrogens is 464 g/mol. The van der Waals surface area contributed by atoms with Gasteiger partial charge in [0.25, 0.3) is 0 Å². The van der Waals surface area contributed by atoms with Crippen LogP contribution in [0.4, 0.5) is 5.69 Å². The summed E-state index contributed by atoms with van der Waals surface area (Å²) in [6.45, 7) is 2.46. The third-order valence-corrected chi connectivity index (χ3v) is 9.38. The maximum Gasteiger partial charge on any atom is 0.242 e. The van der Waals surface area contributed by atoms with Gasteiger partial charge in [-0.05, 0) is 42.2 Å². The largest absolute Gasteiger partial charge is 0.376 e. The highest BCUT2D eigenvalue weighted by Crippen LogP contribution is 2.27. The number of nitrogens with zero attached hydrogens (tertiary/aromatic N) is 2. The van der Waals surface area contributed by atoms with Crippen LogP contribution in [0.15, 0.2) is 47.4 Å². The number of anilines is 1. The van der Waals surface area contributed by atoms with Crippen LogP contribution in [0.5, 0.6) is 0 Å². The summed E-state index contributed by atoms with van der Waals surface area (Å²) in [5, 5.41) is 5.90. The topological polar surface area (TPSA) is 116 Å². The Labute approximate surface area is 195 Å². The Hall–Kier alpha value is -2.47. The second-order valence-electron chi connectivity index (χ2n) is 7.95. The molecule has 0 unspecified atom stereocenters. The number of fused-ring (bicyclic) bond motifs is 1. The molecule has 2 N–H and O–H groups in total. The summed E-state index contributed by atoms with van der Waals surface area (Å²) < 4.78 is 52.0. The molecule has 1 heterocycles. The van der Waals surface area contributed by atoms with Gasteiger partial charge >= 0.3 is 0 Å². The smallest absolute Gasteiger partial charge is 0.242 e. The third kappa shape index (κ3) is 5.72. The molecule has 0 saturated heterocycles. The highest BCUT2D eigenvalue weighted by Gasteiger charge is 2.26. The van der Waals surface area contributed by atoms with E-state index in [-0.39, 0.29) is 29.6 Å². The number of amides is 1. The van der Waals surface area contributed by atoms with E-state index in [1.54, 1.807) is 25.1 Å². The molecule has 1 aliphatic rings. The lowest BCUT2D eigenvalue weighted by atomic mass is 9.99. The number of nitrogens with one attached hydrogen (secondary N) is 2. The Morgan fingerprint density at radius 1 is 1.06 bits per heavy atom. The SMILES string of the molecule is CCS(=O)(=O)N1CCc2c(cccc2NCC(=O)NCc2ccccc2S(=O)(=O)N(C)C)C1. The molecule has 0 atom stereocenters. The van der Waals surface area contributed by atoms with Crippen molar-refractivity contribution in [2.45, 2.75) is 31.3 Å². The zero-order valence-electron chi connectivity index (χ0n) is 19.0. The van der Waals surface area contributed by atoms with Crippen LogP contribution in [-0.2, 0) is 44.4 Å². The molecule has 11 heteroatoms. The minimum absolute atomic E-state index is 0.00994. The molecule has 0 saturated carbocycles. The monoisotopic (exact) mass is 494 g/mol. The fraction of sp³-hybridized carbons (Fsp3) is 0.409. The molecule has 0 aliphatic carbocycles. The number of sulfonamides is 2. The van der Waals surface area contributed by atoms with Gasteiger partial charge in [-0.1, -0.05) is 30.3 Å². The van der Waals surface area contributed by atoms with Crippen molar-refractivity contribution in [2.24, 2.45) is 0 Å². The molecule has 2 aromatic carbocycles. The predicted molar refractivity (Wildman–Crippen MR) is 128 cm³/mol. The fourth-order valence-corrected chi connectivity index (χ4v) is 5.89. The molecule has 0 bridgehead atoms. The van der Waals surface area contributed by atoms with Crippen molar-refractivity contribution >= 4 is 31.6 Å². The Balaban J connectivity index is 1.63. The van der Waals surface area contributed by atoms with Gasteiger partial charge in [0.15, 0.2) is 0 Å². The first-order chi connectivity index (χ1) is 15.6. The van der Waals surface area contributed by atoms with Crippen molar-refractivity contribution in [3.8, 4) is 0 Å². The number of benzene rings is 2. The van der Waals surface area contributed by atoms with Crippen molar-refractivity contribution in [1.82, 2.24) is 13.9 Å². The predicted octanol–water partition coefficient (Wildman–Crippen LogP) is 1.37. The van der Waals surface area contributed by atoms with Crippen molar-refractivity contribution in [1.29, 1.82) is 0 Å². The molecule has 0 radical (unpaired) electrons. The van der Waals surface area contributed by atoms with Crippen LogP contribution in [0.3, 0.4) is 0 Å². The van der Waals surface area contributed by atoms with Gasteiger partial charge in [0, 0.05) is 39.4 Å². The summed E-state index contributed by atoms with van der Waals surface area (Å²) in [4.78, 5) is 12.6. The summed E-state index contributed by atoms with van der Waals surface area (Å²) in [5.74, 6) is -0.213. The summed E-state index contributed by atoms with van der Waals surface area (Å²) >= 11 is 0. The second-order valence-corrected chi connectivity index (χ2v) is 12.3. The molecule has 33 heavy (non-hydrogen) atoms. The maximum absolute atomic E-state index is 12.5. The number of hydrogen-bond acceptors (Lipinski definition) is 6. The Morgan fingerprint density at radius 2 is 1.79 bits per heavy atom. The molecule has 3 rings (SSSR count). The highest BCUT2D eigenvalue weighted by molar-refractivity contribution is 7.89. The van der Waals surface area contributed by atoms with E-state index < -0.39 is 20.0 Å². The van der Waals surface area contributed by atoms with E-state index >= 15 is 0 Å². The van der Waals surface area contributed by atoms with E-state index in [0.29, 0.717) is 25.1 Å². The first kappa shape index (κ1) is 25.2. The Kier molecular flexibility index (Phi) is 7.78. The molecule has 2 aromatic rings. The van der Waals surface area contributed by atoms with Gasteiger partial charge in [-0.2, -0.15) is 4.31 Å². The van der Waals surface area contributed by atoms with E-state index in [1.807, 2.05) is 18.2 Å². The molecule has 0 spiro atoms. The zero-order chi connectivity index (χ0) is 24.2. The minimum atomic E-state index is -3.62. The zero-order valence-corrected chi connectivity index (χ0v) is 20.7. The van der Waals surface area contributed by atoms with E-state index in [9.17, 15) is 21.6 Å². The van der Waals surface area contributed by atoms with E-state index in [1.165, 1.54) is 24.5 Å². The summed E-state index contributed by atoms with van der Waals surface area (Å²) in [6, 6.07) is 12.2. The molecule has 1 aliphatic heterocycles. The van der Waals surface area contributed by atoms with Gasteiger partial charge in [-0.3, -0.25) is 4.79 Å². The molecule has 180 valence electrons. The van der Waals surface area contributed by atoms with Gasteiger partial charge in [0.1, 0.15) is 0 Å². The molecule has 9 nitrogen and oxygen atoms in total. The normalized spacial score (nSPS) is 14.7. The molecule has 1 amide bonds. The highest BCUT2D eigenvalue weighted by atomic mass is 32.2. The van der Waals surface area contributed by atoms with Crippen LogP contribution in [0.1, 0.15) is 23.6 Å². The number of carbonyl (C=O) groups is 1. The summed E-state index contributed by atoms with van der Waals surface area (Å²) in [6.07, 6.45) is 0.565. The fourth-order valence-electron chi connectivity index (χ4n) is 3.70. The number of hydrogen-bond donors (Lipinski definition) is 2. The maximum atomic E-state index is 12.5. The quantitative estimate of drug-likeness (QED) is 0.544. The van der Waals surface area contributed by atoms with E-state index in [0.717, 1.165) is 21.1 Å². The summed E-state index contributed by atoms with van der Waals surface area (Å²) in [7, 11) is -3.94. The third-order valence-electron chi connectivity index (χ3n) is 5.64. The first-order valence-corrected chi connectivity index (χ1v) is 13.7. The lowest BCUT2D eigenvalue weighted by Gasteiger charge is -2.29. The number of rotatable bonds is 9. The van der Waals surface area contributed by atoms with Crippen LogP contribution >= 0.6 is 0 Å². The molecule has 0 fully saturated rings. The van der Waals surface area contributed by atoms with Crippen molar-refractivity contribution in [2.75, 3.05) is 38.3 Å². The van der Waals surface area contributed by atoms with Crippen LogP contribution in [0, 0.1) is 0 Å². The van der Waals surface area contributed by atoms with Gasteiger partial charge in [-0.15, -0.1) is 0 Å². The van der Waals surface area contributed by atoms with Gasteiger partial charge in [-0.25, -0.2) is 21.1 Å². The van der Waals surface area contributed by atoms with Crippen molar-refractivity contribution in [3.63, 3.8) is 0 Å². The van der Waals surface area contributed by atoms with Gasteiger partial charge in [0.2, 0.25) is 26.0 Å². The Bertz CT molecular complexity index is 1230. The average Bonchev–Trinajstić information content (AvgIpc) is 2.80. The van der Waals surface area contributed by atoms with Crippen LogP contribution < -0.4 is 10.6 Å². The van der Waals surface area contributed by atoms with Crippen LogP contribution in [0.25, 0.3) is 0 Å². The van der Waals surface area contributed by atoms with Gasteiger partial charge in [0.05, 0.1) is 17.2 Å². The summed E-state index contributed by atoms with van der Waals surface area (Å²) in [5.41, 5.74) is 3.24. The average molecular weight is 495 g/mol. The van der Waals surface area contributed by atoms with E-state index in [2.05, 4.69) is 10.6 Å².